The lowest BCUT2D eigenvalue weighted by atomic mass is 10.3. The molecule has 0 aliphatic heterocycles. The van der Waals surface area contributed by atoms with Crippen LogP contribution in [0.3, 0.4) is 0 Å². The topological polar surface area (TPSA) is 65.4 Å². The average molecular weight is 393 g/mol. The van der Waals surface area contributed by atoms with E-state index in [2.05, 4.69) is 22.5 Å². The molecule has 1 N–H and O–H groups in total. The quantitative estimate of drug-likeness (QED) is 0.421. The Morgan fingerprint density at radius 1 is 1.17 bits per heavy atom. The van der Waals surface area contributed by atoms with Gasteiger partial charge in [0.2, 0.25) is 5.91 Å². The summed E-state index contributed by atoms with van der Waals surface area (Å²) in [5.74, 6) is 2.40. The second-order valence-electron chi connectivity index (χ2n) is 6.84. The van der Waals surface area contributed by atoms with Crippen LogP contribution in [0, 0.1) is 0 Å². The number of ether oxygens (including phenoxy) is 2. The number of aromatic nitrogens is 2. The van der Waals surface area contributed by atoms with E-state index >= 15 is 0 Å². The number of amides is 1. The third kappa shape index (κ3) is 5.38. The van der Waals surface area contributed by atoms with Crippen molar-refractivity contribution in [1.29, 1.82) is 0 Å². The van der Waals surface area contributed by atoms with Crippen LogP contribution in [0.25, 0.3) is 11.0 Å². The average Bonchev–Trinajstić information content (AvgIpc) is 3.08. The summed E-state index contributed by atoms with van der Waals surface area (Å²) in [5, 5.41) is 2.87. The first-order valence-electron chi connectivity index (χ1n) is 9.73. The zero-order valence-corrected chi connectivity index (χ0v) is 17.0. The van der Waals surface area contributed by atoms with E-state index in [9.17, 15) is 4.79 Å². The number of nitrogens with one attached hydrogen (secondary N) is 1. The smallest absolute Gasteiger partial charge is 0.246 e. The van der Waals surface area contributed by atoms with Crippen LogP contribution in [0.1, 0.15) is 19.2 Å². The van der Waals surface area contributed by atoms with Crippen LogP contribution in [0.2, 0.25) is 0 Å². The number of rotatable bonds is 10. The molecule has 0 aliphatic carbocycles. The second kappa shape index (κ2) is 9.78. The molecule has 1 aromatic heterocycles. The Labute approximate surface area is 171 Å². The number of fused-ring (bicyclic) bond motifs is 1. The number of hydrogen-bond acceptors (Lipinski definition) is 4. The molecular formula is C23H27N3O3. The molecule has 0 unspecified atom stereocenters. The minimum absolute atomic E-state index is 0.126. The van der Waals surface area contributed by atoms with Gasteiger partial charge in [-0.25, -0.2) is 4.98 Å². The molecule has 1 heterocycles. The summed E-state index contributed by atoms with van der Waals surface area (Å²) in [4.78, 5) is 16.5. The highest BCUT2D eigenvalue weighted by molar-refractivity contribution is 5.92. The Balaban J connectivity index is 1.62. The van der Waals surface area contributed by atoms with Crippen LogP contribution in [-0.4, -0.2) is 35.7 Å². The second-order valence-corrected chi connectivity index (χ2v) is 6.84. The van der Waals surface area contributed by atoms with Crippen molar-refractivity contribution in [2.24, 2.45) is 0 Å². The first-order valence-corrected chi connectivity index (χ1v) is 9.73. The summed E-state index contributed by atoms with van der Waals surface area (Å²) in [6, 6.07) is 15.7. The molecule has 0 saturated heterocycles. The van der Waals surface area contributed by atoms with Crippen LogP contribution < -0.4 is 14.8 Å². The predicted molar refractivity (Wildman–Crippen MR) is 114 cm³/mol. The fourth-order valence-corrected chi connectivity index (χ4v) is 3.11. The SMILES string of the molecule is C=C(C)C(=O)NCCc1nc2ccccc2n1CCCOc1cccc(OC)c1. The van der Waals surface area contributed by atoms with E-state index in [0.29, 0.717) is 25.1 Å². The molecule has 3 aromatic rings. The van der Waals surface area contributed by atoms with Gasteiger partial charge in [0.05, 0.1) is 24.8 Å². The third-order valence-corrected chi connectivity index (χ3v) is 4.59. The van der Waals surface area contributed by atoms with Gasteiger partial charge in [0.25, 0.3) is 0 Å². The molecule has 6 nitrogen and oxygen atoms in total. The van der Waals surface area contributed by atoms with Crippen molar-refractivity contribution in [3.05, 3.63) is 66.5 Å². The lowest BCUT2D eigenvalue weighted by Crippen LogP contribution is -2.26. The number of methoxy groups -OCH3 is 1. The van der Waals surface area contributed by atoms with E-state index in [1.54, 1.807) is 14.0 Å². The fraction of sp³-hybridized carbons (Fsp3) is 0.304. The molecule has 0 bridgehead atoms. The molecule has 0 spiro atoms. The Kier molecular flexibility index (Phi) is 6.89. The maximum absolute atomic E-state index is 11.7. The molecule has 0 fully saturated rings. The van der Waals surface area contributed by atoms with E-state index in [4.69, 9.17) is 14.5 Å². The monoisotopic (exact) mass is 393 g/mol. The number of nitrogens with zero attached hydrogens (tertiary/aromatic N) is 2. The van der Waals surface area contributed by atoms with Gasteiger partial charge in [-0.1, -0.05) is 24.8 Å². The molecule has 2 aromatic carbocycles. The van der Waals surface area contributed by atoms with E-state index in [1.807, 2.05) is 42.5 Å². The van der Waals surface area contributed by atoms with Crippen LogP contribution in [-0.2, 0) is 17.8 Å². The van der Waals surface area contributed by atoms with Gasteiger partial charge in [0.15, 0.2) is 0 Å². The summed E-state index contributed by atoms with van der Waals surface area (Å²) in [7, 11) is 1.64. The van der Waals surface area contributed by atoms with Gasteiger partial charge >= 0.3 is 0 Å². The molecule has 0 saturated carbocycles. The fourth-order valence-electron chi connectivity index (χ4n) is 3.11. The van der Waals surface area contributed by atoms with Crippen LogP contribution in [0.4, 0.5) is 0 Å². The minimum Gasteiger partial charge on any atom is -0.497 e. The Morgan fingerprint density at radius 2 is 1.97 bits per heavy atom. The lowest BCUT2D eigenvalue weighted by molar-refractivity contribution is -0.117. The number of aryl methyl sites for hydroxylation is 1. The highest BCUT2D eigenvalue weighted by Gasteiger charge is 2.11. The highest BCUT2D eigenvalue weighted by Crippen LogP contribution is 2.20. The van der Waals surface area contributed by atoms with Gasteiger partial charge in [0, 0.05) is 31.1 Å². The Hall–Kier alpha value is -3.28. The number of benzene rings is 2. The van der Waals surface area contributed by atoms with Crippen molar-refractivity contribution >= 4 is 16.9 Å². The minimum atomic E-state index is -0.126. The highest BCUT2D eigenvalue weighted by atomic mass is 16.5. The number of hydrogen-bond donors (Lipinski definition) is 1. The molecule has 152 valence electrons. The van der Waals surface area contributed by atoms with Crippen LogP contribution in [0.15, 0.2) is 60.7 Å². The molecule has 29 heavy (non-hydrogen) atoms. The summed E-state index contributed by atoms with van der Waals surface area (Å²) in [5.41, 5.74) is 2.56. The van der Waals surface area contributed by atoms with Gasteiger partial charge in [-0.2, -0.15) is 0 Å². The van der Waals surface area contributed by atoms with Crippen LogP contribution >= 0.6 is 0 Å². The van der Waals surface area contributed by atoms with Crippen molar-refractivity contribution in [1.82, 2.24) is 14.9 Å². The van der Waals surface area contributed by atoms with E-state index in [1.165, 1.54) is 0 Å². The first kappa shape index (κ1) is 20.5. The standard InChI is InChI=1S/C23H27N3O3/c1-17(2)23(27)24-13-12-22-25-20-10-4-5-11-21(20)26(22)14-7-15-29-19-9-6-8-18(16-19)28-3/h4-6,8-11,16H,1,7,12-15H2,2-3H3,(H,24,27). The van der Waals surface area contributed by atoms with Gasteiger partial charge in [-0.3, -0.25) is 4.79 Å². The van der Waals surface area contributed by atoms with Crippen molar-refractivity contribution in [3.63, 3.8) is 0 Å². The largest absolute Gasteiger partial charge is 0.497 e. The number of para-hydroxylation sites is 2. The molecule has 0 atom stereocenters. The van der Waals surface area contributed by atoms with Gasteiger partial charge in [-0.15, -0.1) is 0 Å². The van der Waals surface area contributed by atoms with Crippen LogP contribution in [0.5, 0.6) is 11.5 Å². The maximum atomic E-state index is 11.7. The van der Waals surface area contributed by atoms with E-state index in [-0.39, 0.29) is 5.91 Å². The normalized spacial score (nSPS) is 10.7. The Morgan fingerprint density at radius 3 is 2.76 bits per heavy atom. The van der Waals surface area contributed by atoms with Crippen molar-refractivity contribution in [3.8, 4) is 11.5 Å². The van der Waals surface area contributed by atoms with Crippen molar-refractivity contribution < 1.29 is 14.3 Å². The van der Waals surface area contributed by atoms with Gasteiger partial charge in [0.1, 0.15) is 17.3 Å². The molecule has 0 aliphatic rings. The summed E-state index contributed by atoms with van der Waals surface area (Å²) < 4.78 is 13.3. The number of carbonyl (C=O) groups excluding carboxylic acids is 1. The predicted octanol–water partition coefficient (Wildman–Crippen LogP) is 3.75. The summed E-state index contributed by atoms with van der Waals surface area (Å²) >= 11 is 0. The van der Waals surface area contributed by atoms with Crippen molar-refractivity contribution in [2.75, 3.05) is 20.3 Å². The summed E-state index contributed by atoms with van der Waals surface area (Å²) in [6.07, 6.45) is 1.49. The van der Waals surface area contributed by atoms with E-state index < -0.39 is 0 Å². The molecule has 0 radical (unpaired) electrons. The number of carbonyl (C=O) groups is 1. The lowest BCUT2D eigenvalue weighted by Gasteiger charge is -2.11. The first-order chi connectivity index (χ1) is 14.1. The molecule has 3 rings (SSSR count). The van der Waals surface area contributed by atoms with Gasteiger partial charge < -0.3 is 19.4 Å². The molecule has 6 heteroatoms. The molecule has 1 amide bonds. The van der Waals surface area contributed by atoms with Gasteiger partial charge in [-0.05, 0) is 37.6 Å². The zero-order chi connectivity index (χ0) is 20.6. The maximum Gasteiger partial charge on any atom is 0.246 e. The van der Waals surface area contributed by atoms with E-state index in [0.717, 1.165) is 41.3 Å². The van der Waals surface area contributed by atoms with Crippen molar-refractivity contribution in [2.45, 2.75) is 26.3 Å². The number of imidazole rings is 1. The Bertz CT molecular complexity index is 994. The third-order valence-electron chi connectivity index (χ3n) is 4.59. The summed E-state index contributed by atoms with van der Waals surface area (Å²) in [6.45, 7) is 7.26. The zero-order valence-electron chi connectivity index (χ0n) is 17.0. The molecular weight excluding hydrogens is 366 g/mol.